The molecule has 1 aliphatic carbocycles. The van der Waals surface area contributed by atoms with Gasteiger partial charge in [-0.3, -0.25) is 0 Å². The average molecular weight is 234 g/mol. The lowest BCUT2D eigenvalue weighted by Gasteiger charge is -2.22. The first-order valence-electron chi connectivity index (χ1n) is 6.61. The second-order valence-corrected chi connectivity index (χ2v) is 4.69. The van der Waals surface area contributed by atoms with E-state index in [2.05, 4.69) is 23.7 Å². The Balaban J connectivity index is 2.36. The van der Waals surface area contributed by atoms with Gasteiger partial charge in [0.15, 0.2) is 0 Å². The van der Waals surface area contributed by atoms with E-state index in [0.29, 0.717) is 12.3 Å². The molecule has 0 heterocycles. The van der Waals surface area contributed by atoms with E-state index in [9.17, 15) is 10.2 Å². The van der Waals surface area contributed by atoms with Crippen LogP contribution in [0.2, 0.25) is 0 Å². The minimum Gasteiger partial charge on any atom is -0.380 e. The van der Waals surface area contributed by atoms with Crippen LogP contribution in [0.1, 0.15) is 51.9 Å². The quantitative estimate of drug-likeness (QED) is 0.734. The van der Waals surface area contributed by atoms with Crippen molar-refractivity contribution in [2.24, 2.45) is 5.92 Å². The van der Waals surface area contributed by atoms with Gasteiger partial charge in [0.25, 0.3) is 0 Å². The van der Waals surface area contributed by atoms with E-state index in [4.69, 9.17) is 0 Å². The number of rotatable bonds is 3. The van der Waals surface area contributed by atoms with Gasteiger partial charge in [-0.05, 0) is 37.0 Å². The Hall–Kier alpha value is -0.960. The Morgan fingerprint density at radius 2 is 1.71 bits per heavy atom. The van der Waals surface area contributed by atoms with Gasteiger partial charge < -0.3 is 10.2 Å². The van der Waals surface area contributed by atoms with E-state index in [-0.39, 0.29) is 0 Å². The molecule has 0 amide bonds. The summed E-state index contributed by atoms with van der Waals surface area (Å²) in [5.74, 6) is 11.0. The van der Waals surface area contributed by atoms with E-state index in [1.807, 2.05) is 6.92 Å². The van der Waals surface area contributed by atoms with Crippen LogP contribution in [0.4, 0.5) is 0 Å². The monoisotopic (exact) mass is 234 g/mol. The molecule has 2 N–H and O–H groups in total. The van der Waals surface area contributed by atoms with Crippen LogP contribution < -0.4 is 0 Å². The highest BCUT2D eigenvalue weighted by Crippen LogP contribution is 2.25. The summed E-state index contributed by atoms with van der Waals surface area (Å²) >= 11 is 0. The van der Waals surface area contributed by atoms with Crippen LogP contribution in [0.3, 0.4) is 0 Å². The first-order valence-corrected chi connectivity index (χ1v) is 6.61. The molecule has 0 aromatic carbocycles. The van der Waals surface area contributed by atoms with Crippen LogP contribution in [0.15, 0.2) is 0 Å². The van der Waals surface area contributed by atoms with Crippen molar-refractivity contribution >= 4 is 0 Å². The molecule has 1 rings (SSSR count). The Labute approximate surface area is 104 Å². The van der Waals surface area contributed by atoms with E-state index < -0.39 is 12.2 Å². The van der Waals surface area contributed by atoms with Crippen LogP contribution >= 0.6 is 0 Å². The second kappa shape index (κ2) is 8.18. The molecular weight excluding hydrogens is 212 g/mol. The fourth-order valence-corrected chi connectivity index (χ4v) is 2.14. The molecule has 0 spiro atoms. The molecule has 2 unspecified atom stereocenters. The number of aliphatic hydroxyl groups is 2. The third kappa shape index (κ3) is 5.78. The smallest absolute Gasteiger partial charge is 0.118 e. The van der Waals surface area contributed by atoms with Crippen LogP contribution in [0.25, 0.3) is 0 Å². The lowest BCUT2D eigenvalue weighted by molar-refractivity contribution is 0.133. The minimum atomic E-state index is -0.582. The maximum atomic E-state index is 9.84. The van der Waals surface area contributed by atoms with Crippen molar-refractivity contribution in [3.63, 3.8) is 0 Å². The fraction of sp³-hybridized carbons (Fsp3) is 0.733. The molecule has 0 aromatic heterocycles. The highest BCUT2D eigenvalue weighted by molar-refractivity contribution is 5.28. The van der Waals surface area contributed by atoms with E-state index in [0.717, 1.165) is 19.3 Å². The molecule has 0 saturated heterocycles. The third-order valence-electron chi connectivity index (χ3n) is 3.18. The molecular formula is C15H22O2. The molecule has 94 valence electrons. The molecule has 2 atom stereocenters. The first-order chi connectivity index (χ1) is 8.24. The molecule has 2 heteroatoms. The SMILES string of the molecule is CCCC(O)C#CC#CC(O)C1CCCCC1. The van der Waals surface area contributed by atoms with Gasteiger partial charge in [-0.25, -0.2) is 0 Å². The van der Waals surface area contributed by atoms with Gasteiger partial charge in [0.2, 0.25) is 0 Å². The predicted molar refractivity (Wildman–Crippen MR) is 69.0 cm³/mol. The van der Waals surface area contributed by atoms with Gasteiger partial charge in [-0.15, -0.1) is 0 Å². The molecule has 0 radical (unpaired) electrons. The van der Waals surface area contributed by atoms with E-state index >= 15 is 0 Å². The normalized spacial score (nSPS) is 19.5. The summed E-state index contributed by atoms with van der Waals surface area (Å²) in [5, 5.41) is 19.2. The fourth-order valence-electron chi connectivity index (χ4n) is 2.14. The van der Waals surface area contributed by atoms with Gasteiger partial charge in [-0.2, -0.15) is 0 Å². The number of hydrogen-bond acceptors (Lipinski definition) is 2. The number of hydrogen-bond donors (Lipinski definition) is 2. The molecule has 17 heavy (non-hydrogen) atoms. The van der Waals surface area contributed by atoms with Gasteiger partial charge in [0.05, 0.1) is 0 Å². The van der Waals surface area contributed by atoms with Crippen LogP contribution in [0.5, 0.6) is 0 Å². The zero-order chi connectivity index (χ0) is 12.5. The van der Waals surface area contributed by atoms with Crippen LogP contribution in [-0.2, 0) is 0 Å². The zero-order valence-corrected chi connectivity index (χ0v) is 10.6. The summed E-state index contributed by atoms with van der Waals surface area (Å²) in [6, 6.07) is 0. The molecule has 1 saturated carbocycles. The van der Waals surface area contributed by atoms with Gasteiger partial charge in [0.1, 0.15) is 12.2 Å². The lowest BCUT2D eigenvalue weighted by Crippen LogP contribution is -2.21. The second-order valence-electron chi connectivity index (χ2n) is 4.69. The Kier molecular flexibility index (Phi) is 6.78. The van der Waals surface area contributed by atoms with Crippen LogP contribution in [0, 0.1) is 29.6 Å². The maximum Gasteiger partial charge on any atom is 0.118 e. The summed E-state index contributed by atoms with van der Waals surface area (Å²) in [4.78, 5) is 0. The summed E-state index contributed by atoms with van der Waals surface area (Å²) in [5.41, 5.74) is 0. The number of aliphatic hydroxyl groups excluding tert-OH is 2. The molecule has 1 aliphatic rings. The topological polar surface area (TPSA) is 40.5 Å². The highest BCUT2D eigenvalue weighted by Gasteiger charge is 2.19. The minimum absolute atomic E-state index is 0.318. The standard InChI is InChI=1S/C15H22O2/c1-2-8-14(16)11-6-7-12-15(17)13-9-4-3-5-10-13/h13-17H,2-5,8-10H2,1H3. The van der Waals surface area contributed by atoms with E-state index in [1.165, 1.54) is 19.3 Å². The van der Waals surface area contributed by atoms with Crippen molar-refractivity contribution < 1.29 is 10.2 Å². The van der Waals surface area contributed by atoms with Gasteiger partial charge in [0, 0.05) is 0 Å². The van der Waals surface area contributed by atoms with Crippen molar-refractivity contribution in [2.45, 2.75) is 64.1 Å². The zero-order valence-electron chi connectivity index (χ0n) is 10.6. The summed E-state index contributed by atoms with van der Waals surface area (Å²) in [6.07, 6.45) is 6.28. The molecule has 1 fully saturated rings. The summed E-state index contributed by atoms with van der Waals surface area (Å²) in [7, 11) is 0. The van der Waals surface area contributed by atoms with Gasteiger partial charge >= 0.3 is 0 Å². The molecule has 0 aromatic rings. The van der Waals surface area contributed by atoms with Gasteiger partial charge in [-0.1, -0.05) is 44.4 Å². The Bertz CT molecular complexity index is 320. The van der Waals surface area contributed by atoms with Crippen molar-refractivity contribution in [2.75, 3.05) is 0 Å². The Morgan fingerprint density at radius 3 is 2.35 bits per heavy atom. The third-order valence-corrected chi connectivity index (χ3v) is 3.18. The maximum absolute atomic E-state index is 9.84. The van der Waals surface area contributed by atoms with Crippen molar-refractivity contribution in [1.82, 2.24) is 0 Å². The first kappa shape index (κ1) is 14.1. The molecule has 0 bridgehead atoms. The predicted octanol–water partition coefficient (Wildman–Crippen LogP) is 2.10. The van der Waals surface area contributed by atoms with Crippen molar-refractivity contribution in [1.29, 1.82) is 0 Å². The largest absolute Gasteiger partial charge is 0.380 e. The average Bonchev–Trinajstić information content (AvgIpc) is 2.36. The van der Waals surface area contributed by atoms with Crippen LogP contribution in [-0.4, -0.2) is 22.4 Å². The van der Waals surface area contributed by atoms with Crippen molar-refractivity contribution in [3.05, 3.63) is 0 Å². The van der Waals surface area contributed by atoms with Crippen molar-refractivity contribution in [3.8, 4) is 23.7 Å². The summed E-state index contributed by atoms with van der Waals surface area (Å²) < 4.78 is 0. The summed E-state index contributed by atoms with van der Waals surface area (Å²) in [6.45, 7) is 2.00. The molecule has 2 nitrogen and oxygen atoms in total. The molecule has 0 aliphatic heterocycles. The Morgan fingerprint density at radius 1 is 1.06 bits per heavy atom. The van der Waals surface area contributed by atoms with E-state index in [1.54, 1.807) is 0 Å². The lowest BCUT2D eigenvalue weighted by atomic mass is 9.85. The highest BCUT2D eigenvalue weighted by atomic mass is 16.3.